The molecule has 5 heteroatoms. The van der Waals surface area contributed by atoms with Crippen molar-refractivity contribution in [3.63, 3.8) is 0 Å². The molecule has 0 aromatic heterocycles. The number of nitrogens with one attached hydrogen (secondary N) is 1. The summed E-state index contributed by atoms with van der Waals surface area (Å²) in [5.41, 5.74) is 6.24. The lowest BCUT2D eigenvalue weighted by molar-refractivity contribution is 0.102. The summed E-state index contributed by atoms with van der Waals surface area (Å²) in [6.07, 6.45) is 0. The molecule has 0 unspecified atom stereocenters. The van der Waals surface area contributed by atoms with Crippen LogP contribution < -0.4 is 11.1 Å². The number of halogens is 2. The van der Waals surface area contributed by atoms with Crippen molar-refractivity contribution in [2.45, 2.75) is 6.92 Å². The van der Waals surface area contributed by atoms with Gasteiger partial charge in [-0.3, -0.25) is 4.79 Å². The number of nitrogen functional groups attached to an aromatic ring is 1. The van der Waals surface area contributed by atoms with Crippen molar-refractivity contribution in [3.8, 4) is 0 Å². The molecule has 0 fully saturated rings. The van der Waals surface area contributed by atoms with E-state index in [1.54, 1.807) is 13.0 Å². The van der Waals surface area contributed by atoms with Crippen LogP contribution in [0.25, 0.3) is 0 Å². The summed E-state index contributed by atoms with van der Waals surface area (Å²) in [5, 5.41) is 2.48. The predicted octanol–water partition coefficient (Wildman–Crippen LogP) is 3.11. The van der Waals surface area contributed by atoms with Crippen LogP contribution >= 0.6 is 0 Å². The Kier molecular flexibility index (Phi) is 3.46. The van der Waals surface area contributed by atoms with Crippen LogP contribution in [0.1, 0.15) is 15.9 Å². The van der Waals surface area contributed by atoms with Gasteiger partial charge in [0.2, 0.25) is 0 Å². The van der Waals surface area contributed by atoms with Gasteiger partial charge < -0.3 is 11.1 Å². The SMILES string of the molecule is Cc1cc(F)cc(NC(=O)c2cccc(F)c2N)c1. The number of aryl methyl sites for hydroxylation is 1. The molecular formula is C14H12F2N2O. The second kappa shape index (κ2) is 5.06. The molecule has 0 saturated carbocycles. The third kappa shape index (κ3) is 2.88. The maximum Gasteiger partial charge on any atom is 0.257 e. The number of nitrogens with two attached hydrogens (primary N) is 1. The lowest BCUT2D eigenvalue weighted by atomic mass is 10.1. The Hall–Kier alpha value is -2.43. The molecule has 98 valence electrons. The fourth-order valence-electron chi connectivity index (χ4n) is 1.74. The predicted molar refractivity (Wildman–Crippen MR) is 69.9 cm³/mol. The van der Waals surface area contributed by atoms with Crippen molar-refractivity contribution in [2.75, 3.05) is 11.1 Å². The first-order chi connectivity index (χ1) is 8.97. The smallest absolute Gasteiger partial charge is 0.257 e. The summed E-state index contributed by atoms with van der Waals surface area (Å²) >= 11 is 0. The summed E-state index contributed by atoms with van der Waals surface area (Å²) < 4.78 is 26.4. The van der Waals surface area contributed by atoms with E-state index < -0.39 is 17.5 Å². The van der Waals surface area contributed by atoms with Gasteiger partial charge >= 0.3 is 0 Å². The van der Waals surface area contributed by atoms with Crippen LogP contribution in [0.5, 0.6) is 0 Å². The minimum Gasteiger partial charge on any atom is -0.396 e. The average molecular weight is 262 g/mol. The monoisotopic (exact) mass is 262 g/mol. The van der Waals surface area contributed by atoms with Crippen molar-refractivity contribution in [3.05, 3.63) is 59.2 Å². The third-order valence-corrected chi connectivity index (χ3v) is 2.60. The standard InChI is InChI=1S/C14H12F2N2O/c1-8-5-9(15)7-10(6-8)18-14(19)11-3-2-4-12(16)13(11)17/h2-7H,17H2,1H3,(H,18,19). The van der Waals surface area contributed by atoms with Crippen molar-refractivity contribution < 1.29 is 13.6 Å². The summed E-state index contributed by atoms with van der Waals surface area (Å²) in [6.45, 7) is 1.70. The van der Waals surface area contributed by atoms with Gasteiger partial charge in [0.05, 0.1) is 11.3 Å². The Morgan fingerprint density at radius 2 is 1.95 bits per heavy atom. The molecular weight excluding hydrogens is 250 g/mol. The Balaban J connectivity index is 2.28. The second-order valence-corrected chi connectivity index (χ2v) is 4.17. The van der Waals surface area contributed by atoms with Crippen LogP contribution in [0.2, 0.25) is 0 Å². The number of hydrogen-bond donors (Lipinski definition) is 2. The van der Waals surface area contributed by atoms with Crippen LogP contribution in [0.3, 0.4) is 0 Å². The molecule has 0 aliphatic rings. The number of carbonyl (C=O) groups excluding carboxylic acids is 1. The molecule has 0 spiro atoms. The van der Waals surface area contributed by atoms with Gasteiger partial charge in [0.25, 0.3) is 5.91 Å². The van der Waals surface area contributed by atoms with Gasteiger partial charge in [0, 0.05) is 5.69 Å². The van der Waals surface area contributed by atoms with Gasteiger partial charge in [-0.05, 0) is 42.8 Å². The van der Waals surface area contributed by atoms with E-state index in [0.29, 0.717) is 11.3 Å². The Labute approximate surface area is 109 Å². The molecule has 0 bridgehead atoms. The number of amides is 1. The lowest BCUT2D eigenvalue weighted by Gasteiger charge is -2.08. The van der Waals surface area contributed by atoms with E-state index in [0.717, 1.165) is 0 Å². The van der Waals surface area contributed by atoms with Crippen molar-refractivity contribution in [2.24, 2.45) is 0 Å². The highest BCUT2D eigenvalue weighted by Gasteiger charge is 2.13. The van der Waals surface area contributed by atoms with E-state index in [4.69, 9.17) is 5.73 Å². The number of hydrogen-bond acceptors (Lipinski definition) is 2. The first-order valence-corrected chi connectivity index (χ1v) is 5.60. The maximum atomic E-state index is 13.2. The van der Waals surface area contributed by atoms with Crippen LogP contribution in [-0.4, -0.2) is 5.91 Å². The zero-order valence-corrected chi connectivity index (χ0v) is 10.2. The largest absolute Gasteiger partial charge is 0.396 e. The number of para-hydroxylation sites is 1. The van der Waals surface area contributed by atoms with Crippen LogP contribution in [0.4, 0.5) is 20.2 Å². The quantitative estimate of drug-likeness (QED) is 0.817. The van der Waals surface area contributed by atoms with Gasteiger partial charge in [-0.25, -0.2) is 8.78 Å². The summed E-state index contributed by atoms with van der Waals surface area (Å²) in [5.74, 6) is -1.70. The summed E-state index contributed by atoms with van der Waals surface area (Å²) in [4.78, 5) is 11.9. The van der Waals surface area contributed by atoms with Gasteiger partial charge in [-0.15, -0.1) is 0 Å². The van der Waals surface area contributed by atoms with Gasteiger partial charge in [0.15, 0.2) is 0 Å². The Bertz CT molecular complexity index is 621. The zero-order chi connectivity index (χ0) is 14.0. The molecule has 19 heavy (non-hydrogen) atoms. The first-order valence-electron chi connectivity index (χ1n) is 5.60. The van der Waals surface area contributed by atoms with E-state index >= 15 is 0 Å². The van der Waals surface area contributed by atoms with Crippen molar-refractivity contribution in [1.82, 2.24) is 0 Å². The first kappa shape index (κ1) is 13.0. The van der Waals surface area contributed by atoms with Gasteiger partial charge in [-0.1, -0.05) is 6.07 Å². The molecule has 2 aromatic carbocycles. The molecule has 2 aromatic rings. The highest BCUT2D eigenvalue weighted by atomic mass is 19.1. The van der Waals surface area contributed by atoms with Crippen molar-refractivity contribution in [1.29, 1.82) is 0 Å². The Morgan fingerprint density at radius 1 is 1.21 bits per heavy atom. The van der Waals surface area contributed by atoms with Crippen molar-refractivity contribution >= 4 is 17.3 Å². The number of carbonyl (C=O) groups is 1. The molecule has 1 amide bonds. The van der Waals surface area contributed by atoms with E-state index in [9.17, 15) is 13.6 Å². The van der Waals surface area contributed by atoms with Crippen LogP contribution in [0.15, 0.2) is 36.4 Å². The fraction of sp³-hybridized carbons (Fsp3) is 0.0714. The summed E-state index contributed by atoms with van der Waals surface area (Å²) in [7, 11) is 0. The van der Waals surface area contributed by atoms with Crippen LogP contribution in [-0.2, 0) is 0 Å². The Morgan fingerprint density at radius 3 is 2.63 bits per heavy atom. The molecule has 3 nitrogen and oxygen atoms in total. The minimum atomic E-state index is -0.664. The zero-order valence-electron chi connectivity index (χ0n) is 10.2. The molecule has 0 saturated heterocycles. The lowest BCUT2D eigenvalue weighted by Crippen LogP contribution is -2.15. The molecule has 3 N–H and O–H groups in total. The molecule has 2 rings (SSSR count). The minimum absolute atomic E-state index is 0.0157. The van der Waals surface area contributed by atoms with E-state index in [-0.39, 0.29) is 11.3 Å². The fourth-order valence-corrected chi connectivity index (χ4v) is 1.74. The second-order valence-electron chi connectivity index (χ2n) is 4.17. The normalized spacial score (nSPS) is 10.3. The number of anilines is 2. The van der Waals surface area contributed by atoms with Crippen LogP contribution in [0, 0.1) is 18.6 Å². The van der Waals surface area contributed by atoms with Gasteiger partial charge in [0.1, 0.15) is 11.6 Å². The van der Waals surface area contributed by atoms with E-state index in [1.807, 2.05) is 0 Å². The number of rotatable bonds is 2. The highest BCUT2D eigenvalue weighted by molar-refractivity contribution is 6.07. The average Bonchev–Trinajstić information content (AvgIpc) is 2.31. The molecule has 0 atom stereocenters. The molecule has 0 radical (unpaired) electrons. The summed E-state index contributed by atoms with van der Waals surface area (Å²) in [6, 6.07) is 8.08. The maximum absolute atomic E-state index is 13.2. The molecule has 0 aliphatic carbocycles. The third-order valence-electron chi connectivity index (χ3n) is 2.60. The van der Waals surface area contributed by atoms with Gasteiger partial charge in [-0.2, -0.15) is 0 Å². The highest BCUT2D eigenvalue weighted by Crippen LogP contribution is 2.19. The topological polar surface area (TPSA) is 55.1 Å². The molecule has 0 heterocycles. The number of benzene rings is 2. The van der Waals surface area contributed by atoms with E-state index in [1.165, 1.54) is 30.3 Å². The van der Waals surface area contributed by atoms with E-state index in [2.05, 4.69) is 5.32 Å². The molecule has 0 aliphatic heterocycles.